The number of aromatic nitrogens is 1. The van der Waals surface area contributed by atoms with Gasteiger partial charge in [-0.05, 0) is 23.6 Å². The number of para-hydroxylation sites is 1. The van der Waals surface area contributed by atoms with Crippen LogP contribution in [-0.2, 0) is 17.8 Å². The Morgan fingerprint density at radius 1 is 1.08 bits per heavy atom. The third-order valence-corrected chi connectivity index (χ3v) is 4.52. The lowest BCUT2D eigenvalue weighted by atomic mass is 10.0. The zero-order valence-electron chi connectivity index (χ0n) is 13.3. The number of carbonyl (C=O) groups excluding carboxylic acids is 1. The molecule has 0 saturated carbocycles. The van der Waals surface area contributed by atoms with Crippen LogP contribution in [0.15, 0.2) is 60.8 Å². The second-order valence-corrected chi connectivity index (χ2v) is 6.10. The van der Waals surface area contributed by atoms with E-state index in [9.17, 15) is 4.79 Å². The molecule has 24 heavy (non-hydrogen) atoms. The predicted molar refractivity (Wildman–Crippen MR) is 95.5 cm³/mol. The third-order valence-electron chi connectivity index (χ3n) is 4.52. The number of nitrogens with one attached hydrogen (secondary N) is 1. The molecule has 2 aromatic carbocycles. The summed E-state index contributed by atoms with van der Waals surface area (Å²) in [4.78, 5) is 17.4. The van der Waals surface area contributed by atoms with Crippen LogP contribution >= 0.6 is 0 Å². The van der Waals surface area contributed by atoms with Crippen molar-refractivity contribution in [3.63, 3.8) is 0 Å². The Morgan fingerprint density at radius 3 is 2.62 bits per heavy atom. The molecule has 0 saturated heterocycles. The number of rotatable bonds is 3. The van der Waals surface area contributed by atoms with Crippen molar-refractivity contribution in [2.45, 2.75) is 13.0 Å². The van der Waals surface area contributed by atoms with E-state index in [1.807, 2.05) is 42.6 Å². The van der Waals surface area contributed by atoms with Crippen LogP contribution in [-0.4, -0.2) is 27.5 Å². The fourth-order valence-electron chi connectivity index (χ4n) is 3.37. The molecule has 0 radical (unpaired) electrons. The van der Waals surface area contributed by atoms with Gasteiger partial charge in [0.05, 0.1) is 5.69 Å². The average molecular weight is 319 g/mol. The number of benzene rings is 2. The Hall–Kier alpha value is -3.01. The summed E-state index contributed by atoms with van der Waals surface area (Å²) in [5, 5.41) is 8.83. The second kappa shape index (κ2) is 5.89. The van der Waals surface area contributed by atoms with E-state index < -0.39 is 5.97 Å². The van der Waals surface area contributed by atoms with Gasteiger partial charge in [0.15, 0.2) is 5.57 Å². The van der Waals surface area contributed by atoms with Crippen molar-refractivity contribution < 1.29 is 9.90 Å². The maximum atomic E-state index is 11.9. The molecule has 0 aliphatic carbocycles. The summed E-state index contributed by atoms with van der Waals surface area (Å²) < 4.78 is 0. The molecule has 3 aromatic rings. The summed E-state index contributed by atoms with van der Waals surface area (Å²) in [5.41, 5.74) is 4.58. The molecule has 4 heteroatoms. The first-order chi connectivity index (χ1) is 11.7. The number of hydrogen-bond donors (Lipinski definition) is 1. The molecular weight excluding hydrogens is 300 g/mol. The zero-order valence-corrected chi connectivity index (χ0v) is 13.3. The van der Waals surface area contributed by atoms with Gasteiger partial charge in [0.2, 0.25) is 0 Å². The van der Waals surface area contributed by atoms with Crippen molar-refractivity contribution in [1.82, 2.24) is 9.88 Å². The Morgan fingerprint density at radius 2 is 1.83 bits per heavy atom. The van der Waals surface area contributed by atoms with Gasteiger partial charge in [-0.2, -0.15) is 0 Å². The van der Waals surface area contributed by atoms with Crippen LogP contribution in [0.5, 0.6) is 0 Å². The molecule has 1 aliphatic rings. The molecule has 4 rings (SSSR count). The summed E-state index contributed by atoms with van der Waals surface area (Å²) >= 11 is 0. The fourth-order valence-corrected chi connectivity index (χ4v) is 3.37. The number of carbonyl (C=O) groups is 1. The molecule has 0 atom stereocenters. The van der Waals surface area contributed by atoms with Gasteiger partial charge < -0.3 is 15.0 Å². The van der Waals surface area contributed by atoms with Gasteiger partial charge in [-0.25, -0.2) is 0 Å². The lowest BCUT2D eigenvalue weighted by Crippen LogP contribution is -2.19. The normalized spacial score (nSPS) is 14.2. The lowest BCUT2D eigenvalue weighted by molar-refractivity contribution is -0.130. The molecule has 120 valence electrons. The van der Waals surface area contributed by atoms with E-state index in [0.29, 0.717) is 5.57 Å². The van der Waals surface area contributed by atoms with Crippen LogP contribution in [0.25, 0.3) is 16.5 Å². The maximum Gasteiger partial charge on any atom is 0.552 e. The van der Waals surface area contributed by atoms with Crippen LogP contribution in [0.1, 0.15) is 16.8 Å². The van der Waals surface area contributed by atoms with Gasteiger partial charge in [-0.1, -0.05) is 48.5 Å². The van der Waals surface area contributed by atoms with Crippen molar-refractivity contribution in [1.29, 1.82) is 0 Å². The fraction of sp³-hybridized carbons (Fsp3) is 0.150. The molecule has 4 nitrogen and oxygen atoms in total. The van der Waals surface area contributed by atoms with Crippen LogP contribution < -0.4 is 0 Å². The van der Waals surface area contributed by atoms with Crippen molar-refractivity contribution in [3.8, 4) is 0 Å². The Bertz CT molecular complexity index is 925. The van der Waals surface area contributed by atoms with Gasteiger partial charge >= 0.3 is 5.97 Å². The number of H-pyrrole nitrogens is 1. The van der Waals surface area contributed by atoms with E-state index in [4.69, 9.17) is 5.11 Å². The van der Waals surface area contributed by atoms with Gasteiger partial charge in [0.25, 0.3) is 0 Å². The van der Waals surface area contributed by atoms with Crippen LogP contribution in [0, 0.1) is 0 Å². The maximum absolute atomic E-state index is 11.9. The number of nitrogens with zero attached hydrogens (tertiary/aromatic N) is 1. The summed E-state index contributed by atoms with van der Waals surface area (Å²) in [6, 6.07) is 18.3. The lowest BCUT2D eigenvalue weighted by Gasteiger charge is -2.19. The molecule has 0 fully saturated rings. The minimum atomic E-state index is -0.650. The number of fused-ring (bicyclic) bond motifs is 3. The van der Waals surface area contributed by atoms with E-state index in [1.54, 1.807) is 0 Å². The Kier molecular flexibility index (Phi) is 3.58. The zero-order chi connectivity index (χ0) is 16.5. The largest absolute Gasteiger partial charge is 0.561 e. The van der Waals surface area contributed by atoms with E-state index in [2.05, 4.69) is 28.1 Å². The summed E-state index contributed by atoms with van der Waals surface area (Å²) in [7, 11) is 0. The van der Waals surface area contributed by atoms with Crippen molar-refractivity contribution in [3.05, 3.63) is 77.6 Å². The minimum Gasteiger partial charge on any atom is -0.561 e. The smallest absolute Gasteiger partial charge is 0.552 e. The van der Waals surface area contributed by atoms with Gasteiger partial charge in [-0.3, -0.25) is 0 Å². The van der Waals surface area contributed by atoms with E-state index >= 15 is 0 Å². The Labute approximate surface area is 140 Å². The van der Waals surface area contributed by atoms with Crippen LogP contribution in [0.3, 0.4) is 0 Å². The number of aromatic amines is 1. The van der Waals surface area contributed by atoms with E-state index in [-0.39, 0.29) is 0 Å². The number of hydrogen-bond acceptors (Lipinski definition) is 2. The molecule has 1 aliphatic heterocycles. The highest BCUT2D eigenvalue weighted by Gasteiger charge is 2.28. The molecule has 0 unspecified atom stereocenters. The quantitative estimate of drug-likeness (QED) is 0.755. The molecule has 0 amide bonds. The first kappa shape index (κ1) is 14.6. The highest BCUT2D eigenvalue weighted by atomic mass is 16.4. The highest BCUT2D eigenvalue weighted by molar-refractivity contribution is 6.16. The van der Waals surface area contributed by atoms with Crippen molar-refractivity contribution in [2.75, 3.05) is 6.54 Å². The summed E-state index contributed by atoms with van der Waals surface area (Å²) in [6.45, 7) is 1.56. The van der Waals surface area contributed by atoms with Crippen LogP contribution in [0.2, 0.25) is 0 Å². The molecule has 2 heterocycles. The molecule has 1 aromatic heterocycles. The second-order valence-electron chi connectivity index (χ2n) is 6.10. The third kappa shape index (κ3) is 2.56. The van der Waals surface area contributed by atoms with Crippen molar-refractivity contribution in [2.24, 2.45) is 0 Å². The average Bonchev–Trinajstić information content (AvgIpc) is 2.86. The summed E-state index contributed by atoms with van der Waals surface area (Å²) in [5.74, 6) is -0.650. The van der Waals surface area contributed by atoms with Gasteiger partial charge in [0.1, 0.15) is 0 Å². The van der Waals surface area contributed by atoms with Crippen LogP contribution in [0.4, 0.5) is 0 Å². The highest BCUT2D eigenvalue weighted by Crippen LogP contribution is 2.31. The molecular formula is C20H19N2O2+. The van der Waals surface area contributed by atoms with Gasteiger partial charge in [0, 0.05) is 35.0 Å². The monoisotopic (exact) mass is 319 g/mol. The van der Waals surface area contributed by atoms with E-state index in [1.165, 1.54) is 5.56 Å². The predicted octanol–water partition coefficient (Wildman–Crippen LogP) is 2.82. The minimum absolute atomic E-state index is 0.439. The molecule has 3 N–H and O–H groups in total. The summed E-state index contributed by atoms with van der Waals surface area (Å²) in [6.07, 6.45) is 2.68. The van der Waals surface area contributed by atoms with E-state index in [0.717, 1.165) is 41.7 Å². The van der Waals surface area contributed by atoms with Crippen molar-refractivity contribution >= 4 is 22.4 Å². The molecule has 0 bridgehead atoms. The Balaban J connectivity index is 1.75. The topological polar surface area (TPSA) is 59.0 Å². The molecule has 0 spiro atoms. The van der Waals surface area contributed by atoms with Gasteiger partial charge in [-0.15, -0.1) is 0 Å². The first-order valence-electron chi connectivity index (χ1n) is 8.08. The SMILES string of the molecule is O=C([OH2+])C1=CN(Cc2ccccc2)CCc2c1[nH]c1ccccc21. The first-order valence-corrected chi connectivity index (χ1v) is 8.08. The standard InChI is InChI=1S/C20H18N2O2/c23-20(24)17-13-22(12-14-6-2-1-3-7-14)11-10-16-15-8-4-5-9-18(15)21-19(16)17/h1-9,13,21H,10-12H2,(H,23,24)/p+1.